The van der Waals surface area contributed by atoms with Crippen LogP contribution in [0.15, 0.2) is 24.3 Å². The number of hydrogen-bond acceptors (Lipinski definition) is 2. The second-order valence-electron chi connectivity index (χ2n) is 2.12. The van der Waals surface area contributed by atoms with Crippen LogP contribution >= 0.6 is 0 Å². The summed E-state index contributed by atoms with van der Waals surface area (Å²) >= 11 is -2.70. The summed E-state index contributed by atoms with van der Waals surface area (Å²) in [6, 6.07) is 6.84. The van der Waals surface area contributed by atoms with Gasteiger partial charge in [0.1, 0.15) is 0 Å². The molecule has 0 spiro atoms. The van der Waals surface area contributed by atoms with Crippen LogP contribution < -0.4 is 9.20 Å². The van der Waals surface area contributed by atoms with Gasteiger partial charge in [-0.3, -0.25) is 0 Å². The van der Waals surface area contributed by atoms with E-state index in [1.807, 2.05) is 0 Å². The second kappa shape index (κ2) is 4.39. The summed E-state index contributed by atoms with van der Waals surface area (Å²) in [6.07, 6.45) is 0. The molecule has 0 aliphatic rings. The molecule has 2 atom stereocenters. The Bertz CT molecular complexity index is 347. The summed E-state index contributed by atoms with van der Waals surface area (Å²) in [4.78, 5) is 0. The molecule has 0 aromatic heterocycles. The SMILES string of the molecule is [1H]C([2H])(C)[Se](=O)c1ccccc1OC. The number of rotatable bonds is 3. The number of methoxy groups -OCH3 is 1. The topological polar surface area (TPSA) is 26.3 Å². The van der Waals surface area contributed by atoms with E-state index in [-0.39, 0.29) is 0 Å². The van der Waals surface area contributed by atoms with Gasteiger partial charge in [-0.05, 0) is 0 Å². The van der Waals surface area contributed by atoms with E-state index in [2.05, 4.69) is 0 Å². The van der Waals surface area contributed by atoms with Crippen LogP contribution in [0.1, 0.15) is 9.67 Å². The van der Waals surface area contributed by atoms with Crippen LogP contribution in [0.2, 0.25) is 5.27 Å². The first kappa shape index (κ1) is 6.81. The molecule has 3 heteroatoms. The molecule has 0 aliphatic heterocycles. The molecule has 0 saturated carbocycles. The maximum atomic E-state index is 11.8. The van der Waals surface area contributed by atoms with E-state index in [0.717, 1.165) is 0 Å². The van der Waals surface area contributed by atoms with Gasteiger partial charge in [0, 0.05) is 0 Å². The first-order valence-electron chi connectivity index (χ1n) is 4.51. The number of benzene rings is 1. The third kappa shape index (κ3) is 1.93. The summed E-state index contributed by atoms with van der Waals surface area (Å²) < 4.78 is 32.1. The van der Waals surface area contributed by atoms with E-state index in [0.29, 0.717) is 10.2 Å². The van der Waals surface area contributed by atoms with E-state index in [1.54, 1.807) is 24.3 Å². The van der Waals surface area contributed by atoms with E-state index in [4.69, 9.17) is 7.48 Å². The summed E-state index contributed by atoms with van der Waals surface area (Å²) in [5.41, 5.74) is 0. The standard InChI is InChI=1S/C9H12O2Se/c1-3-12(10)9-7-5-4-6-8(9)11-2/h4-7H,3H2,1-2H3/i3DH. The van der Waals surface area contributed by atoms with Gasteiger partial charge in [0.2, 0.25) is 0 Å². The fourth-order valence-electron chi connectivity index (χ4n) is 0.882. The zero-order chi connectivity index (χ0) is 10.8. The van der Waals surface area contributed by atoms with Crippen molar-refractivity contribution < 1.29 is 11.3 Å². The van der Waals surface area contributed by atoms with Gasteiger partial charge in [-0.15, -0.1) is 0 Å². The van der Waals surface area contributed by atoms with E-state index in [9.17, 15) is 3.83 Å². The molecule has 0 heterocycles. The van der Waals surface area contributed by atoms with Gasteiger partial charge >= 0.3 is 78.9 Å². The predicted molar refractivity (Wildman–Crippen MR) is 49.5 cm³/mol. The molecular formula is C9H12O2Se. The van der Waals surface area contributed by atoms with Crippen molar-refractivity contribution in [1.82, 2.24) is 0 Å². The van der Waals surface area contributed by atoms with Crippen LogP contribution in [0.25, 0.3) is 0 Å². The quantitative estimate of drug-likeness (QED) is 0.735. The van der Waals surface area contributed by atoms with Gasteiger partial charge in [0.05, 0.1) is 0 Å². The summed E-state index contributed by atoms with van der Waals surface area (Å²) in [5, 5.41) is -1.66. The van der Waals surface area contributed by atoms with Gasteiger partial charge in [0.15, 0.2) is 0 Å². The Kier molecular flexibility index (Phi) is 2.49. The first-order valence-corrected chi connectivity index (χ1v) is 5.93. The zero-order valence-corrected chi connectivity index (χ0v) is 8.75. The number of ether oxygens (including phenoxy) is 1. The van der Waals surface area contributed by atoms with Crippen molar-refractivity contribution in [1.29, 1.82) is 0 Å². The third-order valence-electron chi connectivity index (χ3n) is 1.45. The normalized spacial score (nSPS) is 20.2. The molecule has 0 fully saturated rings. The van der Waals surface area contributed by atoms with Crippen molar-refractivity contribution in [3.05, 3.63) is 24.3 Å². The number of hydrogen-bond donors (Lipinski definition) is 0. The van der Waals surface area contributed by atoms with E-state index < -0.39 is 19.1 Å². The molecule has 1 aromatic rings. The Morgan fingerprint density at radius 1 is 1.75 bits per heavy atom. The average Bonchev–Trinajstić information content (AvgIpc) is 2.15. The molecule has 0 aliphatic carbocycles. The van der Waals surface area contributed by atoms with Gasteiger partial charge in [-0.1, -0.05) is 0 Å². The summed E-state index contributed by atoms with van der Waals surface area (Å²) in [7, 11) is 1.49. The van der Waals surface area contributed by atoms with E-state index >= 15 is 0 Å². The van der Waals surface area contributed by atoms with Crippen LogP contribution in [0.3, 0.4) is 0 Å². The van der Waals surface area contributed by atoms with E-state index in [1.165, 1.54) is 14.0 Å². The fraction of sp³-hybridized carbons (Fsp3) is 0.333. The van der Waals surface area contributed by atoms with Crippen molar-refractivity contribution >= 4 is 18.3 Å². The predicted octanol–water partition coefficient (Wildman–Crippen LogP) is 1.34. The van der Waals surface area contributed by atoms with Gasteiger partial charge in [0.25, 0.3) is 0 Å². The molecule has 0 bridgehead atoms. The monoisotopic (exact) mass is 233 g/mol. The van der Waals surface area contributed by atoms with Crippen LogP contribution in [0.5, 0.6) is 5.75 Å². The third-order valence-corrected chi connectivity index (χ3v) is 3.78. The van der Waals surface area contributed by atoms with Crippen LogP contribution in [-0.4, -0.2) is 20.9 Å². The zero-order valence-electron chi connectivity index (χ0n) is 9.03. The van der Waals surface area contributed by atoms with Gasteiger partial charge < -0.3 is 0 Å². The average molecular weight is 232 g/mol. The Morgan fingerprint density at radius 2 is 2.42 bits per heavy atom. The van der Waals surface area contributed by atoms with Gasteiger partial charge in [-0.2, -0.15) is 0 Å². The van der Waals surface area contributed by atoms with Crippen LogP contribution in [-0.2, 0) is 3.83 Å². The minimum atomic E-state index is -2.70. The molecule has 2 nitrogen and oxygen atoms in total. The molecule has 0 N–H and O–H groups in total. The maximum absolute atomic E-state index is 11.8. The first-order chi connectivity index (χ1) is 6.46. The molecule has 0 amide bonds. The van der Waals surface area contributed by atoms with Crippen molar-refractivity contribution in [2.75, 3.05) is 7.11 Å². The Hall–Kier alpha value is -0.661. The molecule has 0 radical (unpaired) electrons. The Morgan fingerprint density at radius 3 is 3.00 bits per heavy atom. The minimum absolute atomic E-state index is 0.488. The van der Waals surface area contributed by atoms with Crippen LogP contribution in [0, 0.1) is 0 Å². The molecule has 66 valence electrons. The van der Waals surface area contributed by atoms with Crippen molar-refractivity contribution in [3.63, 3.8) is 0 Å². The Labute approximate surface area is 79.4 Å². The number of para-hydroxylation sites is 1. The van der Waals surface area contributed by atoms with Gasteiger partial charge in [-0.25, -0.2) is 0 Å². The molecule has 12 heavy (non-hydrogen) atoms. The second-order valence-corrected chi connectivity index (χ2v) is 5.03. The van der Waals surface area contributed by atoms with Crippen molar-refractivity contribution in [3.8, 4) is 5.75 Å². The van der Waals surface area contributed by atoms with Crippen LogP contribution in [0.4, 0.5) is 0 Å². The van der Waals surface area contributed by atoms with Crippen molar-refractivity contribution in [2.24, 2.45) is 0 Å². The molecule has 0 saturated heterocycles. The van der Waals surface area contributed by atoms with Crippen molar-refractivity contribution in [2.45, 2.75) is 12.2 Å². The fourth-order valence-corrected chi connectivity index (χ4v) is 2.47. The molecular weight excluding hydrogens is 219 g/mol. The summed E-state index contributed by atoms with van der Waals surface area (Å²) in [5.74, 6) is 0.498. The molecule has 1 rings (SSSR count). The Balaban J connectivity index is 3.13. The molecule has 1 aromatic carbocycles. The summed E-state index contributed by atoms with van der Waals surface area (Å²) in [6.45, 7) is 1.33. The molecule has 2 unspecified atom stereocenters.